The number of aromatic amines is 1. The maximum atomic E-state index is 11.8. The van der Waals surface area contributed by atoms with Crippen molar-refractivity contribution in [1.82, 2.24) is 14.8 Å². The predicted molar refractivity (Wildman–Crippen MR) is 78.8 cm³/mol. The maximum absolute atomic E-state index is 11.8. The SMILES string of the molecule is CCc1c2[nH]ccc(=O)c2nn1-c1ccc(Br)cc1. The first-order valence-electron chi connectivity index (χ1n) is 6.06. The summed E-state index contributed by atoms with van der Waals surface area (Å²) in [6, 6.07) is 9.37. The second kappa shape index (κ2) is 4.66. The molecule has 19 heavy (non-hydrogen) atoms. The molecule has 4 nitrogen and oxygen atoms in total. The Morgan fingerprint density at radius 2 is 2.00 bits per heavy atom. The summed E-state index contributed by atoms with van der Waals surface area (Å²) in [5.74, 6) is 0. The second-order valence-corrected chi connectivity index (χ2v) is 5.17. The van der Waals surface area contributed by atoms with Crippen molar-refractivity contribution in [3.8, 4) is 5.69 Å². The fourth-order valence-corrected chi connectivity index (χ4v) is 2.44. The molecule has 1 N–H and O–H groups in total. The highest BCUT2D eigenvalue weighted by atomic mass is 79.9. The first-order chi connectivity index (χ1) is 9.20. The van der Waals surface area contributed by atoms with Crippen molar-refractivity contribution in [3.63, 3.8) is 0 Å². The zero-order valence-electron chi connectivity index (χ0n) is 10.4. The molecule has 5 heteroatoms. The number of halogens is 1. The van der Waals surface area contributed by atoms with Crippen LogP contribution in [0, 0.1) is 0 Å². The molecule has 0 saturated carbocycles. The lowest BCUT2D eigenvalue weighted by Gasteiger charge is -2.05. The largest absolute Gasteiger partial charge is 0.358 e. The first-order valence-corrected chi connectivity index (χ1v) is 6.85. The molecule has 0 atom stereocenters. The summed E-state index contributed by atoms with van der Waals surface area (Å²) in [5, 5.41) is 4.44. The van der Waals surface area contributed by atoms with Crippen molar-refractivity contribution in [2.24, 2.45) is 0 Å². The van der Waals surface area contributed by atoms with Gasteiger partial charge in [-0.15, -0.1) is 0 Å². The molecule has 0 bridgehead atoms. The van der Waals surface area contributed by atoms with E-state index in [1.165, 1.54) is 6.07 Å². The highest BCUT2D eigenvalue weighted by molar-refractivity contribution is 9.10. The summed E-state index contributed by atoms with van der Waals surface area (Å²) in [6.07, 6.45) is 2.46. The van der Waals surface area contributed by atoms with Crippen LogP contribution in [0.5, 0.6) is 0 Å². The Balaban J connectivity index is 2.32. The van der Waals surface area contributed by atoms with Crippen molar-refractivity contribution in [1.29, 1.82) is 0 Å². The highest BCUT2D eigenvalue weighted by Crippen LogP contribution is 2.20. The number of hydrogen-bond donors (Lipinski definition) is 1. The van der Waals surface area contributed by atoms with Crippen molar-refractivity contribution < 1.29 is 0 Å². The normalized spacial score (nSPS) is 11.1. The third-order valence-electron chi connectivity index (χ3n) is 3.08. The minimum absolute atomic E-state index is 0.0562. The maximum Gasteiger partial charge on any atom is 0.209 e. The van der Waals surface area contributed by atoms with Gasteiger partial charge in [0.1, 0.15) is 0 Å². The Morgan fingerprint density at radius 3 is 2.68 bits per heavy atom. The molecule has 0 radical (unpaired) electrons. The van der Waals surface area contributed by atoms with Gasteiger partial charge in [-0.1, -0.05) is 22.9 Å². The molecule has 0 aliphatic heterocycles. The Morgan fingerprint density at radius 1 is 1.26 bits per heavy atom. The quantitative estimate of drug-likeness (QED) is 0.789. The van der Waals surface area contributed by atoms with Crippen molar-refractivity contribution in [2.75, 3.05) is 0 Å². The number of H-pyrrole nitrogens is 1. The second-order valence-electron chi connectivity index (χ2n) is 4.25. The number of fused-ring (bicyclic) bond motifs is 1. The van der Waals surface area contributed by atoms with Gasteiger partial charge in [-0.25, -0.2) is 4.68 Å². The van der Waals surface area contributed by atoms with Gasteiger partial charge in [-0.2, -0.15) is 5.10 Å². The van der Waals surface area contributed by atoms with Gasteiger partial charge >= 0.3 is 0 Å². The first kappa shape index (κ1) is 12.2. The minimum Gasteiger partial charge on any atom is -0.358 e. The van der Waals surface area contributed by atoms with E-state index in [2.05, 4.69) is 32.9 Å². The topological polar surface area (TPSA) is 50.7 Å². The molecule has 2 heterocycles. The number of nitrogens with one attached hydrogen (secondary N) is 1. The molecular weight excluding hydrogens is 306 g/mol. The van der Waals surface area contributed by atoms with E-state index in [9.17, 15) is 4.79 Å². The summed E-state index contributed by atoms with van der Waals surface area (Å²) in [6.45, 7) is 2.05. The van der Waals surface area contributed by atoms with E-state index in [1.807, 2.05) is 28.9 Å². The number of hydrogen-bond acceptors (Lipinski definition) is 2. The van der Waals surface area contributed by atoms with Crippen LogP contribution in [0.15, 0.2) is 45.8 Å². The van der Waals surface area contributed by atoms with Crippen LogP contribution in [0.25, 0.3) is 16.7 Å². The van der Waals surface area contributed by atoms with Gasteiger partial charge < -0.3 is 4.98 Å². The molecule has 0 fully saturated rings. The molecule has 0 saturated heterocycles. The number of rotatable bonds is 2. The minimum atomic E-state index is -0.0562. The fraction of sp³-hybridized carbons (Fsp3) is 0.143. The Hall–Kier alpha value is -1.88. The summed E-state index contributed by atoms with van der Waals surface area (Å²) in [5.41, 5.74) is 3.21. The molecule has 2 aromatic heterocycles. The summed E-state index contributed by atoms with van der Waals surface area (Å²) < 4.78 is 2.84. The third kappa shape index (κ3) is 2.00. The molecule has 0 spiro atoms. The van der Waals surface area contributed by atoms with Crippen molar-refractivity contribution in [3.05, 3.63) is 56.9 Å². The standard InChI is InChI=1S/C14H12BrN3O/c1-2-11-13-14(12(19)7-8-16-13)17-18(11)10-5-3-9(15)4-6-10/h3-8,16H,2H2,1H3. The predicted octanol–water partition coefficient (Wildman–Crippen LogP) is 3.04. The van der Waals surface area contributed by atoms with Crippen LogP contribution in [0.1, 0.15) is 12.6 Å². The van der Waals surface area contributed by atoms with E-state index in [0.29, 0.717) is 5.52 Å². The van der Waals surface area contributed by atoms with E-state index in [1.54, 1.807) is 6.20 Å². The number of aromatic nitrogens is 3. The van der Waals surface area contributed by atoms with E-state index >= 15 is 0 Å². The van der Waals surface area contributed by atoms with Crippen LogP contribution in [0.2, 0.25) is 0 Å². The zero-order chi connectivity index (χ0) is 13.4. The van der Waals surface area contributed by atoms with Crippen LogP contribution in [-0.2, 0) is 6.42 Å². The smallest absolute Gasteiger partial charge is 0.209 e. The van der Waals surface area contributed by atoms with Crippen molar-refractivity contribution in [2.45, 2.75) is 13.3 Å². The summed E-state index contributed by atoms with van der Waals surface area (Å²) in [4.78, 5) is 15.0. The van der Waals surface area contributed by atoms with Crippen LogP contribution >= 0.6 is 15.9 Å². The number of benzene rings is 1. The Labute approximate surface area is 118 Å². The lowest BCUT2D eigenvalue weighted by Crippen LogP contribution is -2.02. The molecule has 96 valence electrons. The van der Waals surface area contributed by atoms with E-state index < -0.39 is 0 Å². The molecular formula is C14H12BrN3O. The number of pyridine rings is 1. The Kier molecular flexibility index (Phi) is 2.98. The molecule has 0 aliphatic rings. The van der Waals surface area contributed by atoms with Gasteiger partial charge in [0.25, 0.3) is 0 Å². The van der Waals surface area contributed by atoms with Crippen LogP contribution in [0.3, 0.4) is 0 Å². The molecule has 1 aromatic carbocycles. The summed E-state index contributed by atoms with van der Waals surface area (Å²) in [7, 11) is 0. The molecule has 3 rings (SSSR count). The lowest BCUT2D eigenvalue weighted by molar-refractivity contribution is 0.824. The van der Waals surface area contributed by atoms with Gasteiger partial charge in [0.05, 0.1) is 16.9 Å². The van der Waals surface area contributed by atoms with Crippen LogP contribution in [0.4, 0.5) is 0 Å². The fourth-order valence-electron chi connectivity index (χ4n) is 2.18. The van der Waals surface area contributed by atoms with Gasteiger partial charge in [0, 0.05) is 16.7 Å². The Bertz CT molecular complexity index is 787. The number of aryl methyl sites for hydroxylation is 1. The molecule has 0 unspecified atom stereocenters. The van der Waals surface area contributed by atoms with Gasteiger partial charge in [0.15, 0.2) is 5.52 Å². The van der Waals surface area contributed by atoms with Gasteiger partial charge in [0.2, 0.25) is 5.43 Å². The highest BCUT2D eigenvalue weighted by Gasteiger charge is 2.13. The van der Waals surface area contributed by atoms with Gasteiger partial charge in [-0.05, 0) is 30.7 Å². The van der Waals surface area contributed by atoms with E-state index in [4.69, 9.17) is 0 Å². The molecule has 0 aliphatic carbocycles. The zero-order valence-corrected chi connectivity index (χ0v) is 11.9. The third-order valence-corrected chi connectivity index (χ3v) is 3.61. The van der Waals surface area contributed by atoms with E-state index in [0.717, 1.165) is 27.8 Å². The number of nitrogens with zero attached hydrogens (tertiary/aromatic N) is 2. The average Bonchev–Trinajstić information content (AvgIpc) is 2.79. The monoisotopic (exact) mass is 317 g/mol. The molecule has 0 amide bonds. The van der Waals surface area contributed by atoms with Gasteiger partial charge in [-0.3, -0.25) is 4.79 Å². The summed E-state index contributed by atoms with van der Waals surface area (Å²) >= 11 is 3.41. The molecule has 3 aromatic rings. The lowest BCUT2D eigenvalue weighted by atomic mass is 10.2. The van der Waals surface area contributed by atoms with Crippen LogP contribution < -0.4 is 5.43 Å². The van der Waals surface area contributed by atoms with Crippen molar-refractivity contribution >= 4 is 27.0 Å². The van der Waals surface area contributed by atoms with Crippen LogP contribution in [-0.4, -0.2) is 14.8 Å². The average molecular weight is 318 g/mol. The van der Waals surface area contributed by atoms with E-state index in [-0.39, 0.29) is 5.43 Å².